The fourth-order valence-corrected chi connectivity index (χ4v) is 2.93. The van der Waals surface area contributed by atoms with E-state index in [0.29, 0.717) is 30.2 Å². The number of nitrogens with zero attached hydrogens (tertiary/aromatic N) is 3. The van der Waals surface area contributed by atoms with E-state index in [1.54, 1.807) is 23.4 Å². The largest absolute Gasteiger partial charge is 0.367 e. The molecule has 1 fully saturated rings. The first-order valence-corrected chi connectivity index (χ1v) is 8.46. The molecule has 0 bridgehead atoms. The number of carbonyl (C=O) groups excluding carboxylic acids is 2. The maximum atomic E-state index is 12.4. The predicted octanol–water partition coefficient (Wildman–Crippen LogP) is 1.94. The molecule has 0 saturated carbocycles. The Morgan fingerprint density at radius 1 is 1.20 bits per heavy atom. The molecule has 0 radical (unpaired) electrons. The summed E-state index contributed by atoms with van der Waals surface area (Å²) in [5, 5.41) is 3.49. The number of pyridine rings is 1. The zero-order valence-electron chi connectivity index (χ0n) is 13.7. The van der Waals surface area contributed by atoms with E-state index in [0.717, 1.165) is 30.8 Å². The lowest BCUT2D eigenvalue weighted by atomic mass is 10.2. The van der Waals surface area contributed by atoms with Crippen molar-refractivity contribution >= 4 is 29.6 Å². The van der Waals surface area contributed by atoms with Crippen molar-refractivity contribution in [2.75, 3.05) is 31.1 Å². The van der Waals surface area contributed by atoms with Gasteiger partial charge in [-0.15, -0.1) is 0 Å². The van der Waals surface area contributed by atoms with Gasteiger partial charge in [0.1, 0.15) is 0 Å². The van der Waals surface area contributed by atoms with Gasteiger partial charge in [-0.2, -0.15) is 0 Å². The Balaban J connectivity index is 1.64. The van der Waals surface area contributed by atoms with Crippen LogP contribution in [0.2, 0.25) is 5.02 Å². The molecule has 1 saturated heterocycles. The van der Waals surface area contributed by atoms with Crippen LogP contribution in [0.3, 0.4) is 0 Å². The summed E-state index contributed by atoms with van der Waals surface area (Å²) in [4.78, 5) is 31.2. The van der Waals surface area contributed by atoms with Crippen molar-refractivity contribution in [1.82, 2.24) is 15.2 Å². The van der Waals surface area contributed by atoms with Crippen LogP contribution in [0.15, 0.2) is 42.7 Å². The van der Waals surface area contributed by atoms with Crippen molar-refractivity contribution < 1.29 is 9.59 Å². The molecular formula is C18H19ClN4O2. The lowest BCUT2D eigenvalue weighted by Crippen LogP contribution is -2.45. The van der Waals surface area contributed by atoms with Gasteiger partial charge in [-0.25, -0.2) is 0 Å². The molecule has 0 unspecified atom stereocenters. The van der Waals surface area contributed by atoms with Gasteiger partial charge in [-0.3, -0.25) is 14.6 Å². The van der Waals surface area contributed by atoms with Gasteiger partial charge < -0.3 is 15.1 Å². The average molecular weight is 359 g/mol. The molecule has 2 aromatic rings. The fraction of sp³-hybridized carbons (Fsp3) is 0.278. The average Bonchev–Trinajstić information content (AvgIpc) is 2.67. The molecule has 1 aromatic heterocycles. The number of halogens is 1. The lowest BCUT2D eigenvalue weighted by Gasteiger charge is -2.34. The van der Waals surface area contributed by atoms with Crippen LogP contribution in [-0.2, 0) is 11.3 Å². The molecule has 0 spiro atoms. The number of piperazine rings is 1. The molecule has 6 nitrogen and oxygen atoms in total. The summed E-state index contributed by atoms with van der Waals surface area (Å²) in [5.74, 6) is -0.194. The van der Waals surface area contributed by atoms with E-state index in [-0.39, 0.29) is 5.91 Å². The van der Waals surface area contributed by atoms with Crippen LogP contribution in [0.25, 0.3) is 0 Å². The zero-order chi connectivity index (χ0) is 17.6. The molecule has 2 amide bonds. The van der Waals surface area contributed by atoms with Gasteiger partial charge in [0.05, 0.1) is 17.4 Å². The van der Waals surface area contributed by atoms with Crippen molar-refractivity contribution in [1.29, 1.82) is 0 Å². The van der Waals surface area contributed by atoms with Crippen molar-refractivity contribution in [2.24, 2.45) is 0 Å². The van der Waals surface area contributed by atoms with Gasteiger partial charge in [0.15, 0.2) is 0 Å². The minimum atomic E-state index is -0.194. The van der Waals surface area contributed by atoms with Gasteiger partial charge in [0, 0.05) is 43.9 Å². The van der Waals surface area contributed by atoms with Gasteiger partial charge in [-0.1, -0.05) is 29.8 Å². The van der Waals surface area contributed by atoms with E-state index in [4.69, 9.17) is 11.6 Å². The Hall–Kier alpha value is -2.60. The molecule has 1 N–H and O–H groups in total. The van der Waals surface area contributed by atoms with E-state index in [9.17, 15) is 9.59 Å². The standard InChI is InChI=1S/C18H19ClN4O2/c19-17-4-2-1-3-14(17)11-21-18(25)15-9-16(12-20-10-15)23-7-5-22(13-24)6-8-23/h1-4,9-10,12-13H,5-8,11H2,(H,21,25). The van der Waals surface area contributed by atoms with Gasteiger partial charge in [0.2, 0.25) is 6.41 Å². The number of carbonyl (C=O) groups is 2. The van der Waals surface area contributed by atoms with Crippen LogP contribution in [0.4, 0.5) is 5.69 Å². The molecule has 0 atom stereocenters. The Morgan fingerprint density at radius 3 is 2.68 bits per heavy atom. The van der Waals surface area contributed by atoms with Crippen LogP contribution < -0.4 is 10.2 Å². The monoisotopic (exact) mass is 358 g/mol. The highest BCUT2D eigenvalue weighted by Gasteiger charge is 2.17. The second-order valence-corrected chi connectivity index (χ2v) is 6.24. The number of benzene rings is 1. The molecule has 0 aliphatic carbocycles. The normalized spacial score (nSPS) is 14.3. The van der Waals surface area contributed by atoms with Gasteiger partial charge in [0.25, 0.3) is 5.91 Å². The number of hydrogen-bond donors (Lipinski definition) is 1. The van der Waals surface area contributed by atoms with Crippen LogP contribution in [-0.4, -0.2) is 48.4 Å². The summed E-state index contributed by atoms with van der Waals surface area (Å²) in [6.45, 7) is 3.16. The molecule has 3 rings (SSSR count). The van der Waals surface area contributed by atoms with Crippen LogP contribution in [0.1, 0.15) is 15.9 Å². The summed E-state index contributed by atoms with van der Waals surface area (Å²) in [7, 11) is 0. The molecule has 1 aliphatic rings. The van der Waals surface area contributed by atoms with E-state index >= 15 is 0 Å². The van der Waals surface area contributed by atoms with Crippen LogP contribution >= 0.6 is 11.6 Å². The summed E-state index contributed by atoms with van der Waals surface area (Å²) in [6.07, 6.45) is 4.16. The maximum Gasteiger partial charge on any atom is 0.253 e. The van der Waals surface area contributed by atoms with Crippen molar-refractivity contribution in [2.45, 2.75) is 6.54 Å². The topological polar surface area (TPSA) is 65.5 Å². The fourth-order valence-electron chi connectivity index (χ4n) is 2.73. The van der Waals surface area contributed by atoms with E-state index in [2.05, 4.69) is 15.2 Å². The first-order valence-electron chi connectivity index (χ1n) is 8.08. The smallest absolute Gasteiger partial charge is 0.253 e. The Bertz CT molecular complexity index is 760. The number of aromatic nitrogens is 1. The second kappa shape index (κ2) is 7.98. The first-order chi connectivity index (χ1) is 12.2. The zero-order valence-corrected chi connectivity index (χ0v) is 14.4. The highest BCUT2D eigenvalue weighted by atomic mass is 35.5. The molecule has 2 heterocycles. The summed E-state index contributed by atoms with van der Waals surface area (Å²) in [6, 6.07) is 9.24. The Kier molecular flexibility index (Phi) is 5.50. The van der Waals surface area contributed by atoms with E-state index < -0.39 is 0 Å². The van der Waals surface area contributed by atoms with Crippen LogP contribution in [0.5, 0.6) is 0 Å². The third-order valence-electron chi connectivity index (χ3n) is 4.21. The predicted molar refractivity (Wildman–Crippen MR) is 96.7 cm³/mol. The van der Waals surface area contributed by atoms with E-state index in [1.165, 1.54) is 0 Å². The number of rotatable bonds is 5. The Morgan fingerprint density at radius 2 is 1.96 bits per heavy atom. The third kappa shape index (κ3) is 4.28. The van der Waals surface area contributed by atoms with Crippen LogP contribution in [0, 0.1) is 0 Å². The molecule has 1 aliphatic heterocycles. The minimum absolute atomic E-state index is 0.194. The summed E-state index contributed by atoms with van der Waals surface area (Å²) < 4.78 is 0. The number of nitrogens with one attached hydrogen (secondary N) is 1. The molecular weight excluding hydrogens is 340 g/mol. The number of amides is 2. The molecule has 25 heavy (non-hydrogen) atoms. The maximum absolute atomic E-state index is 12.4. The number of hydrogen-bond acceptors (Lipinski definition) is 4. The molecule has 7 heteroatoms. The Labute approximate surface area is 151 Å². The van der Waals surface area contributed by atoms with Crippen molar-refractivity contribution in [3.63, 3.8) is 0 Å². The highest BCUT2D eigenvalue weighted by Crippen LogP contribution is 2.17. The first kappa shape index (κ1) is 17.2. The van der Waals surface area contributed by atoms with Gasteiger partial charge >= 0.3 is 0 Å². The molecule has 1 aromatic carbocycles. The van der Waals surface area contributed by atoms with Crippen molar-refractivity contribution in [3.05, 3.63) is 58.9 Å². The summed E-state index contributed by atoms with van der Waals surface area (Å²) >= 11 is 6.11. The lowest BCUT2D eigenvalue weighted by molar-refractivity contribution is -0.118. The summed E-state index contributed by atoms with van der Waals surface area (Å²) in [5.41, 5.74) is 2.25. The second-order valence-electron chi connectivity index (χ2n) is 5.83. The van der Waals surface area contributed by atoms with Crippen molar-refractivity contribution in [3.8, 4) is 0 Å². The highest BCUT2D eigenvalue weighted by molar-refractivity contribution is 6.31. The molecule has 130 valence electrons. The minimum Gasteiger partial charge on any atom is -0.367 e. The number of anilines is 1. The van der Waals surface area contributed by atoms with E-state index in [1.807, 2.05) is 24.3 Å². The third-order valence-corrected chi connectivity index (χ3v) is 4.58. The van der Waals surface area contributed by atoms with Gasteiger partial charge in [-0.05, 0) is 17.7 Å². The SMILES string of the molecule is O=CN1CCN(c2cncc(C(=O)NCc3ccccc3Cl)c2)CC1. The quantitative estimate of drug-likeness (QED) is 0.830.